The number of pyridine rings is 2. The third kappa shape index (κ3) is 9.27. The van der Waals surface area contributed by atoms with Gasteiger partial charge in [0.05, 0.1) is 11.5 Å². The van der Waals surface area contributed by atoms with Crippen LogP contribution in [0.1, 0.15) is 109 Å². The van der Waals surface area contributed by atoms with E-state index >= 15 is 0 Å². The molecule has 4 aromatic rings. The quantitative estimate of drug-likeness (QED) is 0.0931. The van der Waals surface area contributed by atoms with Crippen LogP contribution in [0.5, 0.6) is 0 Å². The molecule has 0 aliphatic heterocycles. The summed E-state index contributed by atoms with van der Waals surface area (Å²) in [5, 5.41) is 12.2. The first-order valence-corrected chi connectivity index (χ1v) is 17.5. The fourth-order valence-electron chi connectivity index (χ4n) is 6.68. The molecule has 0 unspecified atom stereocenters. The van der Waals surface area contributed by atoms with E-state index in [-0.39, 0.29) is 43.5 Å². The van der Waals surface area contributed by atoms with Gasteiger partial charge < -0.3 is 5.11 Å². The Morgan fingerprint density at radius 1 is 0.894 bits per heavy atom. The number of aliphatic hydroxyl groups excluding tert-OH is 1. The molecule has 0 spiro atoms. The van der Waals surface area contributed by atoms with Gasteiger partial charge in [0.15, 0.2) is 5.78 Å². The smallest absolute Gasteiger partial charge is 0.162 e. The number of nitrogens with zero attached hydrogens (tertiary/aromatic N) is 2. The Balaban J connectivity index is 0.000000322. The maximum Gasteiger partial charge on any atom is 0.162 e. The Labute approximate surface area is 296 Å². The zero-order valence-corrected chi connectivity index (χ0v) is 32.0. The molecule has 0 bridgehead atoms. The second-order valence-corrected chi connectivity index (χ2v) is 13.5. The molecular weight excluding hydrogens is 757 g/mol. The Kier molecular flexibility index (Phi) is 14.6. The average Bonchev–Trinajstić information content (AvgIpc) is 3.04. The summed E-state index contributed by atoms with van der Waals surface area (Å²) in [6, 6.07) is 19.0. The van der Waals surface area contributed by atoms with Crippen molar-refractivity contribution in [3.63, 3.8) is 0 Å². The molecule has 1 aliphatic rings. The van der Waals surface area contributed by atoms with Gasteiger partial charge in [-0.15, -0.1) is 29.1 Å². The van der Waals surface area contributed by atoms with Crippen LogP contribution >= 0.6 is 0 Å². The summed E-state index contributed by atoms with van der Waals surface area (Å²) in [4.78, 5) is 21.5. The van der Waals surface area contributed by atoms with E-state index in [1.165, 1.54) is 39.3 Å². The number of carbonyl (C=O) groups is 1. The number of aromatic nitrogens is 2. The van der Waals surface area contributed by atoms with Gasteiger partial charge in [0.2, 0.25) is 0 Å². The van der Waals surface area contributed by atoms with Gasteiger partial charge >= 0.3 is 0 Å². The summed E-state index contributed by atoms with van der Waals surface area (Å²) in [5.41, 5.74) is 9.89. The Morgan fingerprint density at radius 3 is 2.21 bits per heavy atom. The second kappa shape index (κ2) is 17.9. The minimum Gasteiger partial charge on any atom is -0.512 e. The topological polar surface area (TPSA) is 63.1 Å². The largest absolute Gasteiger partial charge is 0.512 e. The number of benzene rings is 2. The first kappa shape index (κ1) is 38.3. The van der Waals surface area contributed by atoms with E-state index in [1.54, 1.807) is 0 Å². The molecule has 0 fully saturated rings. The normalized spacial score (nSPS) is 12.6. The zero-order chi connectivity index (χ0) is 33.4. The molecule has 253 valence electrons. The van der Waals surface area contributed by atoms with Crippen LogP contribution in [0.3, 0.4) is 0 Å². The number of fused-ring (bicyclic) bond motifs is 4. The fraction of sp³-hybridized carbons (Fsp3) is 0.452. The van der Waals surface area contributed by atoms with E-state index in [2.05, 4.69) is 82.4 Å². The van der Waals surface area contributed by atoms with Crippen molar-refractivity contribution in [1.82, 2.24) is 9.97 Å². The Bertz CT molecular complexity index is 1670. The molecule has 4 nitrogen and oxygen atoms in total. The molecule has 5 heteroatoms. The third-order valence-electron chi connectivity index (χ3n) is 9.39. The van der Waals surface area contributed by atoms with Crippen molar-refractivity contribution in [2.24, 2.45) is 17.8 Å². The number of hydrogen-bond donors (Lipinski definition) is 1. The first-order chi connectivity index (χ1) is 22.1. The van der Waals surface area contributed by atoms with E-state index in [0.29, 0.717) is 11.8 Å². The van der Waals surface area contributed by atoms with Crippen molar-refractivity contribution < 1.29 is 30.0 Å². The minimum atomic E-state index is 0. The van der Waals surface area contributed by atoms with Crippen LogP contribution in [-0.4, -0.2) is 20.9 Å². The van der Waals surface area contributed by atoms with Crippen LogP contribution in [0, 0.1) is 23.8 Å². The molecule has 1 radical (unpaired) electrons. The van der Waals surface area contributed by atoms with Crippen LogP contribution in [0.25, 0.3) is 33.3 Å². The van der Waals surface area contributed by atoms with Crippen molar-refractivity contribution in [2.45, 2.75) is 106 Å². The van der Waals surface area contributed by atoms with Gasteiger partial charge in [0.1, 0.15) is 0 Å². The number of aliphatic hydroxyl groups is 1. The zero-order valence-electron chi connectivity index (χ0n) is 29.6. The van der Waals surface area contributed by atoms with Gasteiger partial charge in [-0.05, 0) is 85.1 Å². The minimum absolute atomic E-state index is 0. The van der Waals surface area contributed by atoms with Crippen LogP contribution in [0.15, 0.2) is 66.7 Å². The van der Waals surface area contributed by atoms with Crippen molar-refractivity contribution in [3.05, 3.63) is 95.0 Å². The summed E-state index contributed by atoms with van der Waals surface area (Å²) in [7, 11) is 0. The van der Waals surface area contributed by atoms with E-state index in [4.69, 9.17) is 9.97 Å². The van der Waals surface area contributed by atoms with Gasteiger partial charge in [-0.2, -0.15) is 0 Å². The number of carbonyl (C=O) groups excluding carboxylic acids is 1. The Morgan fingerprint density at radius 2 is 1.57 bits per heavy atom. The van der Waals surface area contributed by atoms with E-state index in [0.717, 1.165) is 67.3 Å². The standard InChI is InChI=1S/C29H29N2.C13H24O2.Ir/c1-18(2)13-20-14-22-9-10-25-26(28(22)31-17-20)11-12-30-29(25)23-15-21-7-5-6-8-24(21)27(16-23)19(3)4;1-5-10(6-2)12(14)9-13(15)11(7-3)8-4;/h5-8,11-12,14,16-19H,9-10,13H2,1-4H3;9-11,14H,5-8H2,1-4H3;/q-1;;/b;12-9-;. The number of rotatable bonds is 11. The van der Waals surface area contributed by atoms with Gasteiger partial charge in [-0.3, -0.25) is 14.8 Å². The first-order valence-electron chi connectivity index (χ1n) is 17.5. The van der Waals surface area contributed by atoms with E-state index < -0.39 is 0 Å². The summed E-state index contributed by atoms with van der Waals surface area (Å²) >= 11 is 0. The monoisotopic (exact) mass is 810 g/mol. The molecule has 47 heavy (non-hydrogen) atoms. The molecule has 0 amide bonds. The van der Waals surface area contributed by atoms with Crippen molar-refractivity contribution in [3.8, 4) is 22.5 Å². The number of allylic oxidation sites excluding steroid dienone is 2. The van der Waals surface area contributed by atoms with Gasteiger partial charge in [-0.25, -0.2) is 0 Å². The average molecular weight is 810 g/mol. The maximum atomic E-state index is 11.7. The SMILES string of the molecule is CC(C)Cc1cnc2c(c1)CCc1c-2ccnc1-c1[c-]c2ccccc2c(C(C)C)c1.CCC(CC)C(=O)/C=C(\O)C(CC)CC.[Ir]. The molecule has 5 rings (SSSR count). The number of hydrogen-bond acceptors (Lipinski definition) is 4. The van der Waals surface area contributed by atoms with Gasteiger partial charge in [0, 0.05) is 56.1 Å². The predicted octanol–water partition coefficient (Wildman–Crippen LogP) is 11.1. The van der Waals surface area contributed by atoms with Crippen LogP contribution in [-0.2, 0) is 44.2 Å². The van der Waals surface area contributed by atoms with Crippen LogP contribution in [0.4, 0.5) is 0 Å². The van der Waals surface area contributed by atoms with Gasteiger partial charge in [-0.1, -0.05) is 90.6 Å². The molecule has 0 saturated carbocycles. The van der Waals surface area contributed by atoms with E-state index in [1.807, 2.05) is 33.9 Å². The maximum absolute atomic E-state index is 11.7. The molecular formula is C42H53IrN2O2-. The third-order valence-corrected chi connectivity index (χ3v) is 9.39. The molecule has 1 aliphatic carbocycles. The Hall–Kier alpha value is -3.14. The van der Waals surface area contributed by atoms with E-state index in [9.17, 15) is 9.90 Å². The summed E-state index contributed by atoms with van der Waals surface area (Å²) < 4.78 is 0. The van der Waals surface area contributed by atoms with Crippen molar-refractivity contribution >= 4 is 16.6 Å². The summed E-state index contributed by atoms with van der Waals surface area (Å²) in [6.07, 6.45) is 12.0. The number of aryl methyl sites for hydroxylation is 1. The molecule has 1 N–H and O–H groups in total. The van der Waals surface area contributed by atoms with Crippen LogP contribution < -0.4 is 0 Å². The molecule has 2 aromatic carbocycles. The molecule has 2 aromatic heterocycles. The van der Waals surface area contributed by atoms with Crippen LogP contribution in [0.2, 0.25) is 0 Å². The molecule has 0 saturated heterocycles. The second-order valence-electron chi connectivity index (χ2n) is 13.5. The number of ketones is 1. The van der Waals surface area contributed by atoms with Gasteiger partial charge in [0.25, 0.3) is 0 Å². The fourth-order valence-corrected chi connectivity index (χ4v) is 6.68. The summed E-state index contributed by atoms with van der Waals surface area (Å²) in [5.74, 6) is 1.64. The molecule has 0 atom stereocenters. The molecule has 2 heterocycles. The predicted molar refractivity (Wildman–Crippen MR) is 193 cm³/mol. The van der Waals surface area contributed by atoms with Crippen molar-refractivity contribution in [2.75, 3.05) is 0 Å². The summed E-state index contributed by atoms with van der Waals surface area (Å²) in [6.45, 7) is 17.1. The van der Waals surface area contributed by atoms with Crippen molar-refractivity contribution in [1.29, 1.82) is 0 Å².